The van der Waals surface area contributed by atoms with Gasteiger partial charge in [-0.2, -0.15) is 10.2 Å². The number of sulfone groups is 1. The van der Waals surface area contributed by atoms with E-state index in [9.17, 15) is 8.42 Å². The van der Waals surface area contributed by atoms with Crippen LogP contribution in [0.15, 0.2) is 9.42 Å². The molecule has 3 N–H and O–H groups in total. The Balaban J connectivity index is 2.34. The van der Waals surface area contributed by atoms with Gasteiger partial charge in [0.1, 0.15) is 20.8 Å². The number of anilines is 2. The fourth-order valence-corrected chi connectivity index (χ4v) is 3.93. The Morgan fingerprint density at radius 2 is 2.25 bits per heavy atom. The number of nitrogen functional groups attached to an aromatic ring is 1. The summed E-state index contributed by atoms with van der Waals surface area (Å²) in [6.07, 6.45) is 1.04. The standard InChI is InChI=1S/C10H11N5O3S2/c1-5-14-7(15-18-5)4-13-10-9(20(2,16)17)8(12)6(3-11)19-10/h13H,4,12H2,1-2H3. The van der Waals surface area contributed by atoms with Crippen LogP contribution in [0.1, 0.15) is 16.6 Å². The number of aryl methyl sites for hydroxylation is 1. The summed E-state index contributed by atoms with van der Waals surface area (Å²) in [5.74, 6) is 0.793. The zero-order valence-electron chi connectivity index (χ0n) is 10.7. The third-order valence-electron chi connectivity index (χ3n) is 2.35. The van der Waals surface area contributed by atoms with Crippen LogP contribution in [0.25, 0.3) is 0 Å². The van der Waals surface area contributed by atoms with Crippen LogP contribution in [0.5, 0.6) is 0 Å². The van der Waals surface area contributed by atoms with Gasteiger partial charge in [-0.3, -0.25) is 0 Å². The second-order valence-corrected chi connectivity index (χ2v) is 6.94. The fraction of sp³-hybridized carbons (Fsp3) is 0.300. The van der Waals surface area contributed by atoms with Gasteiger partial charge < -0.3 is 15.6 Å². The largest absolute Gasteiger partial charge is 0.396 e. The number of thiophene rings is 1. The molecule has 0 unspecified atom stereocenters. The van der Waals surface area contributed by atoms with E-state index in [4.69, 9.17) is 15.5 Å². The van der Waals surface area contributed by atoms with E-state index in [1.54, 1.807) is 6.92 Å². The number of nitrogens with one attached hydrogen (secondary N) is 1. The van der Waals surface area contributed by atoms with Crippen molar-refractivity contribution in [3.8, 4) is 6.07 Å². The van der Waals surface area contributed by atoms with E-state index in [-0.39, 0.29) is 22.0 Å². The first-order valence-corrected chi connectivity index (χ1v) is 8.09. The summed E-state index contributed by atoms with van der Waals surface area (Å²) in [4.78, 5) is 4.07. The summed E-state index contributed by atoms with van der Waals surface area (Å²) in [7, 11) is -3.55. The summed E-state index contributed by atoms with van der Waals surface area (Å²) in [6, 6.07) is 1.87. The van der Waals surface area contributed by atoms with Crippen molar-refractivity contribution in [1.29, 1.82) is 5.26 Å². The van der Waals surface area contributed by atoms with Gasteiger partial charge in [-0.05, 0) is 0 Å². The third kappa shape index (κ3) is 2.73. The molecule has 0 aliphatic carbocycles. The van der Waals surface area contributed by atoms with Crippen LogP contribution >= 0.6 is 11.3 Å². The fourth-order valence-electron chi connectivity index (χ4n) is 1.57. The monoisotopic (exact) mass is 313 g/mol. The first kappa shape index (κ1) is 14.3. The van der Waals surface area contributed by atoms with E-state index in [1.807, 2.05) is 6.07 Å². The number of nitrogens with two attached hydrogens (primary N) is 1. The highest BCUT2D eigenvalue weighted by molar-refractivity contribution is 7.91. The zero-order chi connectivity index (χ0) is 14.9. The van der Waals surface area contributed by atoms with Gasteiger partial charge in [0.05, 0.1) is 12.2 Å². The smallest absolute Gasteiger partial charge is 0.223 e. The van der Waals surface area contributed by atoms with Crippen LogP contribution in [0, 0.1) is 18.3 Å². The first-order valence-electron chi connectivity index (χ1n) is 5.38. The van der Waals surface area contributed by atoms with E-state index in [2.05, 4.69) is 15.5 Å². The van der Waals surface area contributed by atoms with E-state index < -0.39 is 9.84 Å². The Morgan fingerprint density at radius 1 is 1.55 bits per heavy atom. The van der Waals surface area contributed by atoms with E-state index in [0.717, 1.165) is 17.6 Å². The lowest BCUT2D eigenvalue weighted by Gasteiger charge is -2.04. The van der Waals surface area contributed by atoms with Crippen LogP contribution in [0.4, 0.5) is 10.7 Å². The van der Waals surface area contributed by atoms with E-state index >= 15 is 0 Å². The van der Waals surface area contributed by atoms with Crippen molar-refractivity contribution in [3.05, 3.63) is 16.6 Å². The van der Waals surface area contributed by atoms with Crippen LogP contribution in [-0.2, 0) is 16.4 Å². The second kappa shape index (κ2) is 5.10. The molecule has 0 aromatic carbocycles. The number of rotatable bonds is 4. The van der Waals surface area contributed by atoms with Crippen molar-refractivity contribution < 1.29 is 12.9 Å². The normalized spacial score (nSPS) is 11.2. The zero-order valence-corrected chi connectivity index (χ0v) is 12.3. The molecular weight excluding hydrogens is 302 g/mol. The highest BCUT2D eigenvalue weighted by Gasteiger charge is 2.24. The van der Waals surface area contributed by atoms with Crippen LogP contribution in [-0.4, -0.2) is 24.8 Å². The Bertz CT molecular complexity index is 784. The van der Waals surface area contributed by atoms with Crippen molar-refractivity contribution in [3.63, 3.8) is 0 Å². The molecule has 0 aliphatic rings. The maximum Gasteiger partial charge on any atom is 0.223 e. The Labute approximate surface area is 119 Å². The summed E-state index contributed by atoms with van der Waals surface area (Å²) in [5, 5.41) is 15.8. The molecule has 10 heteroatoms. The number of nitrogens with zero attached hydrogens (tertiary/aromatic N) is 3. The average molecular weight is 313 g/mol. The minimum absolute atomic E-state index is 0.0354. The summed E-state index contributed by atoms with van der Waals surface area (Å²) < 4.78 is 28.3. The van der Waals surface area contributed by atoms with Gasteiger partial charge in [0.2, 0.25) is 5.89 Å². The molecule has 2 aromatic heterocycles. The van der Waals surface area contributed by atoms with Crippen LogP contribution in [0.2, 0.25) is 0 Å². The van der Waals surface area contributed by atoms with Gasteiger partial charge in [-0.1, -0.05) is 5.16 Å². The molecule has 0 saturated heterocycles. The predicted molar refractivity (Wildman–Crippen MR) is 72.9 cm³/mol. The molecule has 2 heterocycles. The molecule has 0 aliphatic heterocycles. The molecule has 2 rings (SSSR count). The lowest BCUT2D eigenvalue weighted by Crippen LogP contribution is -2.06. The minimum Gasteiger partial charge on any atom is -0.396 e. The first-order chi connectivity index (χ1) is 9.32. The van der Waals surface area contributed by atoms with E-state index in [1.165, 1.54) is 0 Å². The Hall–Kier alpha value is -2.12. The number of hydrogen-bond donors (Lipinski definition) is 2. The van der Waals surface area contributed by atoms with Crippen LogP contribution in [0.3, 0.4) is 0 Å². The summed E-state index contributed by atoms with van der Waals surface area (Å²) in [6.45, 7) is 1.82. The lowest BCUT2D eigenvalue weighted by atomic mass is 10.4. The molecular formula is C10H11N5O3S2. The highest BCUT2D eigenvalue weighted by atomic mass is 32.2. The molecule has 8 nitrogen and oxygen atoms in total. The second-order valence-electron chi connectivity index (χ2n) is 3.97. The van der Waals surface area contributed by atoms with Crippen LogP contribution < -0.4 is 11.1 Å². The van der Waals surface area contributed by atoms with Crippen molar-refractivity contribution in [2.75, 3.05) is 17.3 Å². The number of aromatic nitrogens is 2. The van der Waals surface area contributed by atoms with Crippen molar-refractivity contribution >= 4 is 31.9 Å². The molecule has 20 heavy (non-hydrogen) atoms. The van der Waals surface area contributed by atoms with Gasteiger partial charge in [0.25, 0.3) is 0 Å². The molecule has 0 amide bonds. The average Bonchev–Trinajstić information content (AvgIpc) is 2.89. The van der Waals surface area contributed by atoms with Crippen molar-refractivity contribution in [1.82, 2.24) is 10.1 Å². The molecule has 0 atom stereocenters. The maximum absolute atomic E-state index is 11.7. The Kier molecular flexibility index (Phi) is 3.65. The van der Waals surface area contributed by atoms with Gasteiger partial charge in [0.15, 0.2) is 15.7 Å². The molecule has 0 radical (unpaired) electrons. The summed E-state index contributed by atoms with van der Waals surface area (Å²) in [5.41, 5.74) is 5.66. The maximum atomic E-state index is 11.7. The molecule has 0 fully saturated rings. The molecule has 0 spiro atoms. The molecule has 0 bridgehead atoms. The molecule has 0 saturated carbocycles. The highest BCUT2D eigenvalue weighted by Crippen LogP contribution is 2.38. The van der Waals surface area contributed by atoms with Gasteiger partial charge in [-0.25, -0.2) is 8.42 Å². The minimum atomic E-state index is -3.55. The van der Waals surface area contributed by atoms with Gasteiger partial charge in [0, 0.05) is 13.2 Å². The summed E-state index contributed by atoms with van der Waals surface area (Å²) >= 11 is 0.976. The lowest BCUT2D eigenvalue weighted by molar-refractivity contribution is 0.388. The molecule has 106 valence electrons. The topological polar surface area (TPSA) is 135 Å². The van der Waals surface area contributed by atoms with E-state index in [0.29, 0.717) is 16.7 Å². The SMILES string of the molecule is Cc1nc(CNc2sc(C#N)c(N)c2S(C)(=O)=O)no1. The third-order valence-corrected chi connectivity index (χ3v) is 4.71. The van der Waals surface area contributed by atoms with Crippen molar-refractivity contribution in [2.45, 2.75) is 18.4 Å². The number of nitriles is 1. The quantitative estimate of drug-likeness (QED) is 0.850. The van der Waals surface area contributed by atoms with Crippen molar-refractivity contribution in [2.24, 2.45) is 0 Å². The molecule has 2 aromatic rings. The predicted octanol–water partition coefficient (Wildman–Crippen LogP) is 0.909. The van der Waals surface area contributed by atoms with Gasteiger partial charge >= 0.3 is 0 Å². The Morgan fingerprint density at radius 3 is 2.75 bits per heavy atom. The number of hydrogen-bond acceptors (Lipinski definition) is 9. The van der Waals surface area contributed by atoms with Gasteiger partial charge in [-0.15, -0.1) is 11.3 Å².